The van der Waals surface area contributed by atoms with Gasteiger partial charge in [0.2, 0.25) is 0 Å². The Morgan fingerprint density at radius 3 is 2.70 bits per heavy atom. The van der Waals surface area contributed by atoms with E-state index in [9.17, 15) is 18.0 Å². The van der Waals surface area contributed by atoms with Crippen molar-refractivity contribution >= 4 is 22.9 Å². The Labute approximate surface area is 191 Å². The molecule has 2 aromatic heterocycles. The van der Waals surface area contributed by atoms with Crippen LogP contribution in [0.25, 0.3) is 10.6 Å². The first-order chi connectivity index (χ1) is 15.9. The van der Waals surface area contributed by atoms with Crippen LogP contribution in [-0.2, 0) is 4.74 Å². The van der Waals surface area contributed by atoms with Crippen molar-refractivity contribution in [2.75, 3.05) is 11.9 Å². The van der Waals surface area contributed by atoms with Gasteiger partial charge in [0, 0.05) is 11.4 Å². The van der Waals surface area contributed by atoms with E-state index in [0.29, 0.717) is 24.2 Å². The molecule has 5 rings (SSSR count). The number of anilines is 1. The number of aromatic nitrogens is 3. The molecule has 11 heteroatoms. The Bertz CT molecular complexity index is 1150. The zero-order valence-corrected chi connectivity index (χ0v) is 18.3. The highest BCUT2D eigenvalue weighted by Gasteiger charge is 2.35. The van der Waals surface area contributed by atoms with Crippen molar-refractivity contribution in [3.63, 3.8) is 0 Å². The van der Waals surface area contributed by atoms with Crippen molar-refractivity contribution in [3.8, 4) is 10.6 Å². The number of carbonyl (C=O) groups excluding carboxylic acids is 1. The van der Waals surface area contributed by atoms with Crippen molar-refractivity contribution in [1.82, 2.24) is 14.8 Å². The van der Waals surface area contributed by atoms with Crippen LogP contribution in [-0.4, -0.2) is 39.5 Å². The third kappa shape index (κ3) is 4.40. The second-order valence-corrected chi connectivity index (χ2v) is 9.15. The molecule has 3 atom stereocenters. The minimum atomic E-state index is -1.25. The van der Waals surface area contributed by atoms with Gasteiger partial charge < -0.3 is 15.8 Å². The molecule has 0 radical (unpaired) electrons. The molecule has 7 nitrogen and oxygen atoms in total. The van der Waals surface area contributed by atoms with Crippen LogP contribution in [0.2, 0.25) is 0 Å². The molecule has 33 heavy (non-hydrogen) atoms. The van der Waals surface area contributed by atoms with Gasteiger partial charge in [0.1, 0.15) is 34.6 Å². The van der Waals surface area contributed by atoms with Crippen molar-refractivity contribution in [2.24, 2.45) is 5.73 Å². The topological polar surface area (TPSA) is 95.1 Å². The Morgan fingerprint density at radius 2 is 1.97 bits per heavy atom. The fourth-order valence-electron chi connectivity index (χ4n) is 3.94. The fraction of sp³-hybridized carbons (Fsp3) is 0.409. The molecule has 0 bridgehead atoms. The predicted octanol–water partition coefficient (Wildman–Crippen LogP) is 4.39. The van der Waals surface area contributed by atoms with E-state index in [1.165, 1.54) is 17.6 Å². The molecular formula is C22H22F3N5O2S. The molecule has 1 aliphatic carbocycles. The van der Waals surface area contributed by atoms with E-state index in [4.69, 9.17) is 10.5 Å². The third-order valence-electron chi connectivity index (χ3n) is 5.88. The normalized spacial score (nSPS) is 23.3. The highest BCUT2D eigenvalue weighted by atomic mass is 32.1. The van der Waals surface area contributed by atoms with Gasteiger partial charge in [-0.15, -0.1) is 11.3 Å². The lowest BCUT2D eigenvalue weighted by atomic mass is 10.0. The second kappa shape index (κ2) is 8.88. The Balaban J connectivity index is 1.40. The van der Waals surface area contributed by atoms with Crippen molar-refractivity contribution in [1.29, 1.82) is 0 Å². The number of rotatable bonds is 5. The summed E-state index contributed by atoms with van der Waals surface area (Å²) in [5.41, 5.74) is 6.72. The van der Waals surface area contributed by atoms with Gasteiger partial charge in [-0.05, 0) is 37.8 Å². The standard InChI is InChI=1S/C22H22F3N5O2S/c23-12-2-1-3-13(24)19(12)22-29-17(10-33-22)21(31)28-16-8-27-30(11-4-5-11)20(16)18-7-6-15(26)14(25)9-32-18/h1-3,8,10-11,14-15,18H,4-7,9,26H2,(H,28,31)/t14-,15-,18?/m0/s1. The highest BCUT2D eigenvalue weighted by molar-refractivity contribution is 7.13. The molecule has 174 valence electrons. The lowest BCUT2D eigenvalue weighted by Gasteiger charge is -2.19. The minimum Gasteiger partial charge on any atom is -0.369 e. The van der Waals surface area contributed by atoms with Crippen LogP contribution in [0.5, 0.6) is 0 Å². The number of nitrogens with zero attached hydrogens (tertiary/aromatic N) is 3. The van der Waals surface area contributed by atoms with E-state index in [0.717, 1.165) is 36.3 Å². The molecule has 3 heterocycles. The summed E-state index contributed by atoms with van der Waals surface area (Å²) in [5, 5.41) is 8.73. The summed E-state index contributed by atoms with van der Waals surface area (Å²) in [4.78, 5) is 17.0. The molecule has 1 saturated carbocycles. The quantitative estimate of drug-likeness (QED) is 0.568. The van der Waals surface area contributed by atoms with E-state index < -0.39 is 35.9 Å². The lowest BCUT2D eigenvalue weighted by Crippen LogP contribution is -2.32. The van der Waals surface area contributed by atoms with E-state index in [2.05, 4.69) is 15.4 Å². The zero-order valence-electron chi connectivity index (χ0n) is 17.5. The van der Waals surface area contributed by atoms with E-state index >= 15 is 0 Å². The number of carbonyl (C=O) groups is 1. The van der Waals surface area contributed by atoms with Gasteiger partial charge in [0.15, 0.2) is 0 Å². The zero-order chi connectivity index (χ0) is 23.1. The molecule has 1 unspecified atom stereocenters. The maximum Gasteiger partial charge on any atom is 0.275 e. The first kappa shape index (κ1) is 22.1. The summed E-state index contributed by atoms with van der Waals surface area (Å²) in [5.74, 6) is -2.04. The molecule has 1 amide bonds. The first-order valence-corrected chi connectivity index (χ1v) is 11.6. The summed E-state index contributed by atoms with van der Waals surface area (Å²) in [6.45, 7) is -0.126. The number of hydrogen-bond donors (Lipinski definition) is 2. The molecule has 3 N–H and O–H groups in total. The first-order valence-electron chi connectivity index (χ1n) is 10.7. The van der Waals surface area contributed by atoms with Gasteiger partial charge in [-0.25, -0.2) is 18.2 Å². The molecule has 2 fully saturated rings. The van der Waals surface area contributed by atoms with Gasteiger partial charge in [0.25, 0.3) is 5.91 Å². The summed E-state index contributed by atoms with van der Waals surface area (Å²) in [7, 11) is 0. The number of alkyl halides is 1. The van der Waals surface area contributed by atoms with Gasteiger partial charge in [-0.3, -0.25) is 9.48 Å². The summed E-state index contributed by atoms with van der Waals surface area (Å²) >= 11 is 0.972. The van der Waals surface area contributed by atoms with Gasteiger partial charge in [-0.2, -0.15) is 5.10 Å². The average molecular weight is 478 g/mol. The molecule has 0 spiro atoms. The molecule has 1 aliphatic heterocycles. The smallest absolute Gasteiger partial charge is 0.275 e. The Kier molecular flexibility index (Phi) is 5.94. The number of amides is 1. The van der Waals surface area contributed by atoms with Crippen molar-refractivity contribution in [2.45, 2.75) is 50.0 Å². The minimum absolute atomic E-state index is 0.0235. The van der Waals surface area contributed by atoms with Gasteiger partial charge >= 0.3 is 0 Å². The van der Waals surface area contributed by atoms with Crippen LogP contribution in [0.3, 0.4) is 0 Å². The Morgan fingerprint density at radius 1 is 1.21 bits per heavy atom. The summed E-state index contributed by atoms with van der Waals surface area (Å²) < 4.78 is 49.9. The number of benzene rings is 1. The Hall–Kier alpha value is -2.76. The fourth-order valence-corrected chi connectivity index (χ4v) is 4.78. The number of nitrogens with two attached hydrogens (primary N) is 1. The van der Waals surface area contributed by atoms with Crippen molar-refractivity contribution < 1.29 is 22.7 Å². The largest absolute Gasteiger partial charge is 0.369 e. The van der Waals surface area contributed by atoms with Crippen LogP contribution in [0.1, 0.15) is 54.0 Å². The van der Waals surface area contributed by atoms with Crippen molar-refractivity contribution in [3.05, 3.63) is 52.8 Å². The molecule has 1 aromatic carbocycles. The average Bonchev–Trinajstić information content (AvgIpc) is 3.42. The maximum absolute atomic E-state index is 14.1. The van der Waals surface area contributed by atoms with Crippen LogP contribution >= 0.6 is 11.3 Å². The number of halogens is 3. The second-order valence-electron chi connectivity index (χ2n) is 8.29. The van der Waals surface area contributed by atoms with E-state index in [-0.39, 0.29) is 28.9 Å². The van der Waals surface area contributed by atoms with E-state index in [1.54, 1.807) is 0 Å². The summed E-state index contributed by atoms with van der Waals surface area (Å²) in [6, 6.07) is 3.15. The van der Waals surface area contributed by atoms with Crippen LogP contribution in [0, 0.1) is 11.6 Å². The van der Waals surface area contributed by atoms with Crippen LogP contribution in [0.15, 0.2) is 29.8 Å². The molecular weight excluding hydrogens is 455 g/mol. The van der Waals surface area contributed by atoms with Crippen LogP contribution in [0.4, 0.5) is 18.9 Å². The van der Waals surface area contributed by atoms with Gasteiger partial charge in [-0.1, -0.05) is 6.07 Å². The monoisotopic (exact) mass is 477 g/mol. The van der Waals surface area contributed by atoms with E-state index in [1.807, 2.05) is 4.68 Å². The predicted molar refractivity (Wildman–Crippen MR) is 117 cm³/mol. The number of nitrogens with one attached hydrogen (secondary N) is 1. The SMILES string of the molecule is N[C@H]1CCC(c2c(NC(=O)c3csc(-c4c(F)cccc4F)n3)cnn2C2CC2)OC[C@@H]1F. The number of thiazole rings is 1. The molecule has 3 aromatic rings. The third-order valence-corrected chi connectivity index (χ3v) is 6.74. The lowest BCUT2D eigenvalue weighted by molar-refractivity contribution is 0.0241. The number of ether oxygens (including phenoxy) is 1. The highest BCUT2D eigenvalue weighted by Crippen LogP contribution is 2.41. The molecule has 1 saturated heterocycles. The summed E-state index contributed by atoms with van der Waals surface area (Å²) in [6.07, 6.45) is 2.69. The molecule has 2 aliphatic rings. The maximum atomic E-state index is 14.1. The number of hydrogen-bond acceptors (Lipinski definition) is 6. The van der Waals surface area contributed by atoms with Gasteiger partial charge in [0.05, 0.1) is 35.8 Å². The van der Waals surface area contributed by atoms with Crippen LogP contribution < -0.4 is 11.1 Å².